The summed E-state index contributed by atoms with van der Waals surface area (Å²) in [6.45, 7) is 6.92. The highest BCUT2D eigenvalue weighted by Gasteiger charge is 2.28. The van der Waals surface area contributed by atoms with Gasteiger partial charge in [-0.3, -0.25) is 9.59 Å². The van der Waals surface area contributed by atoms with Gasteiger partial charge in [-0.15, -0.1) is 6.58 Å². The molecule has 3 aromatic carbocycles. The summed E-state index contributed by atoms with van der Waals surface area (Å²) in [6.07, 6.45) is 3.52. The van der Waals surface area contributed by atoms with Crippen molar-refractivity contribution in [1.82, 2.24) is 5.32 Å². The predicted molar refractivity (Wildman–Crippen MR) is 145 cm³/mol. The Hall–Kier alpha value is -3.61. The predicted octanol–water partition coefficient (Wildman–Crippen LogP) is 6.17. The number of ether oxygens (including phenoxy) is 1. The van der Waals surface area contributed by atoms with Crippen molar-refractivity contribution in [2.75, 3.05) is 30.4 Å². The van der Waals surface area contributed by atoms with Gasteiger partial charge < -0.3 is 20.3 Å². The van der Waals surface area contributed by atoms with Crippen molar-refractivity contribution in [3.8, 4) is 5.75 Å². The molecule has 0 spiro atoms. The zero-order chi connectivity index (χ0) is 25.7. The van der Waals surface area contributed by atoms with Crippen LogP contribution in [0.25, 0.3) is 0 Å². The SMILES string of the molecule is C=CCNC1CCCN(C(=O)c2ccc(NC(=O)c3ccccc3C)c(OC)c2)c2ccc(Cl)cc21. The molecule has 2 amide bonds. The average Bonchev–Trinajstić information content (AvgIpc) is 3.06. The smallest absolute Gasteiger partial charge is 0.258 e. The Kier molecular flexibility index (Phi) is 8.08. The van der Waals surface area contributed by atoms with Gasteiger partial charge in [0.2, 0.25) is 0 Å². The Morgan fingerprint density at radius 3 is 2.72 bits per heavy atom. The highest BCUT2D eigenvalue weighted by Crippen LogP contribution is 2.36. The van der Waals surface area contributed by atoms with Gasteiger partial charge in [0.05, 0.1) is 12.8 Å². The van der Waals surface area contributed by atoms with Crippen molar-refractivity contribution in [3.63, 3.8) is 0 Å². The van der Waals surface area contributed by atoms with Crippen molar-refractivity contribution >= 4 is 34.8 Å². The molecule has 1 aliphatic heterocycles. The van der Waals surface area contributed by atoms with E-state index in [9.17, 15) is 9.59 Å². The maximum absolute atomic E-state index is 13.7. The van der Waals surface area contributed by atoms with Crippen LogP contribution in [0.1, 0.15) is 50.7 Å². The highest BCUT2D eigenvalue weighted by atomic mass is 35.5. The number of halogens is 1. The summed E-state index contributed by atoms with van der Waals surface area (Å²) < 4.78 is 5.54. The molecule has 3 aromatic rings. The standard InChI is InChI=1S/C29H30ClN3O3/c1-4-15-31-24-10-7-16-33(26-14-12-21(30)18-23(24)26)29(35)20-11-13-25(27(17-20)36-3)32-28(34)22-9-6-5-8-19(22)2/h4-6,8-9,11-14,17-18,24,31H,1,7,10,15-16H2,2-3H3,(H,32,34). The zero-order valence-corrected chi connectivity index (χ0v) is 21.3. The van der Waals surface area contributed by atoms with E-state index in [0.717, 1.165) is 29.7 Å². The molecule has 7 heteroatoms. The number of nitrogens with one attached hydrogen (secondary N) is 2. The van der Waals surface area contributed by atoms with Gasteiger partial charge in [-0.1, -0.05) is 35.9 Å². The summed E-state index contributed by atoms with van der Waals surface area (Å²) in [4.78, 5) is 28.3. The number of aryl methyl sites for hydroxylation is 1. The summed E-state index contributed by atoms with van der Waals surface area (Å²) >= 11 is 6.32. The second kappa shape index (κ2) is 11.4. The lowest BCUT2D eigenvalue weighted by molar-refractivity contribution is 0.0985. The second-order valence-corrected chi connectivity index (χ2v) is 9.17. The van der Waals surface area contributed by atoms with Gasteiger partial charge in [-0.05, 0) is 73.4 Å². The number of fused-ring (bicyclic) bond motifs is 1. The summed E-state index contributed by atoms with van der Waals surface area (Å²) in [6, 6.07) is 18.2. The van der Waals surface area contributed by atoms with Crippen LogP contribution in [0.2, 0.25) is 5.02 Å². The molecule has 0 radical (unpaired) electrons. The van der Waals surface area contributed by atoms with Crippen molar-refractivity contribution < 1.29 is 14.3 Å². The van der Waals surface area contributed by atoms with Gasteiger partial charge in [0.25, 0.3) is 11.8 Å². The van der Waals surface area contributed by atoms with Crippen LogP contribution < -0.4 is 20.3 Å². The van der Waals surface area contributed by atoms with Gasteiger partial charge in [-0.25, -0.2) is 0 Å². The minimum atomic E-state index is -0.234. The molecule has 1 heterocycles. The lowest BCUT2D eigenvalue weighted by Gasteiger charge is -2.25. The van der Waals surface area contributed by atoms with Crippen LogP contribution in [0.4, 0.5) is 11.4 Å². The molecule has 1 unspecified atom stereocenters. The maximum Gasteiger partial charge on any atom is 0.258 e. The fourth-order valence-electron chi connectivity index (χ4n) is 4.53. The fraction of sp³-hybridized carbons (Fsp3) is 0.241. The molecular weight excluding hydrogens is 474 g/mol. The number of benzene rings is 3. The largest absolute Gasteiger partial charge is 0.495 e. The Labute approximate surface area is 216 Å². The summed E-state index contributed by atoms with van der Waals surface area (Å²) in [7, 11) is 1.52. The number of carbonyl (C=O) groups is 2. The van der Waals surface area contributed by atoms with E-state index in [-0.39, 0.29) is 17.9 Å². The molecular formula is C29H30ClN3O3. The number of methoxy groups -OCH3 is 1. The van der Waals surface area contributed by atoms with E-state index in [1.165, 1.54) is 7.11 Å². The molecule has 4 rings (SSSR count). The number of hydrogen-bond donors (Lipinski definition) is 2. The van der Waals surface area contributed by atoms with Gasteiger partial charge in [0.15, 0.2) is 0 Å². The molecule has 1 atom stereocenters. The van der Waals surface area contributed by atoms with E-state index in [0.29, 0.717) is 40.7 Å². The first kappa shape index (κ1) is 25.5. The van der Waals surface area contributed by atoms with Gasteiger partial charge >= 0.3 is 0 Å². The van der Waals surface area contributed by atoms with E-state index >= 15 is 0 Å². The third-order valence-electron chi connectivity index (χ3n) is 6.37. The number of anilines is 2. The molecule has 1 aliphatic rings. The Balaban J connectivity index is 1.62. The van der Waals surface area contributed by atoms with Crippen molar-refractivity contribution in [1.29, 1.82) is 0 Å². The van der Waals surface area contributed by atoms with E-state index < -0.39 is 0 Å². The minimum absolute atomic E-state index is 0.0723. The van der Waals surface area contributed by atoms with Crippen LogP contribution in [0, 0.1) is 6.92 Å². The zero-order valence-electron chi connectivity index (χ0n) is 20.5. The molecule has 0 aromatic heterocycles. The molecule has 0 saturated heterocycles. The number of nitrogens with zero attached hydrogens (tertiary/aromatic N) is 1. The van der Waals surface area contributed by atoms with Crippen molar-refractivity contribution in [3.05, 3.63) is 101 Å². The molecule has 36 heavy (non-hydrogen) atoms. The van der Waals surface area contributed by atoms with Crippen molar-refractivity contribution in [2.24, 2.45) is 0 Å². The third kappa shape index (κ3) is 5.45. The quantitative estimate of drug-likeness (QED) is 0.378. The van der Waals surface area contributed by atoms with Crippen LogP contribution in [0.5, 0.6) is 5.75 Å². The van der Waals surface area contributed by atoms with Crippen LogP contribution in [0.3, 0.4) is 0 Å². The van der Waals surface area contributed by atoms with Crippen LogP contribution in [-0.4, -0.2) is 32.0 Å². The number of rotatable bonds is 7. The lowest BCUT2D eigenvalue weighted by atomic mass is 10.0. The minimum Gasteiger partial charge on any atom is -0.495 e. The lowest BCUT2D eigenvalue weighted by Crippen LogP contribution is -2.32. The van der Waals surface area contributed by atoms with E-state index in [4.69, 9.17) is 16.3 Å². The van der Waals surface area contributed by atoms with Crippen LogP contribution in [-0.2, 0) is 0 Å². The summed E-state index contributed by atoms with van der Waals surface area (Å²) in [5.74, 6) is 0.0411. The van der Waals surface area contributed by atoms with Gasteiger partial charge in [0.1, 0.15) is 5.75 Å². The van der Waals surface area contributed by atoms with Crippen molar-refractivity contribution in [2.45, 2.75) is 25.8 Å². The summed E-state index contributed by atoms with van der Waals surface area (Å²) in [5.41, 5.74) is 4.25. The monoisotopic (exact) mass is 503 g/mol. The van der Waals surface area contributed by atoms with Gasteiger partial charge in [0, 0.05) is 41.0 Å². The Bertz CT molecular complexity index is 1290. The Morgan fingerprint density at radius 1 is 1.17 bits per heavy atom. The topological polar surface area (TPSA) is 70.7 Å². The first-order chi connectivity index (χ1) is 17.4. The fourth-order valence-corrected chi connectivity index (χ4v) is 4.71. The Morgan fingerprint density at radius 2 is 1.97 bits per heavy atom. The maximum atomic E-state index is 13.7. The summed E-state index contributed by atoms with van der Waals surface area (Å²) in [5, 5.41) is 7.01. The normalized spacial score (nSPS) is 15.0. The first-order valence-electron chi connectivity index (χ1n) is 11.9. The van der Waals surface area contributed by atoms with Gasteiger partial charge in [-0.2, -0.15) is 0 Å². The molecule has 186 valence electrons. The molecule has 0 fully saturated rings. The first-order valence-corrected chi connectivity index (χ1v) is 12.3. The molecule has 0 aliphatic carbocycles. The van der Waals surface area contributed by atoms with E-state index in [2.05, 4.69) is 17.2 Å². The average molecular weight is 504 g/mol. The molecule has 0 bridgehead atoms. The highest BCUT2D eigenvalue weighted by molar-refractivity contribution is 6.30. The van der Waals surface area contributed by atoms with E-state index in [1.807, 2.05) is 43.3 Å². The molecule has 0 saturated carbocycles. The van der Waals surface area contributed by atoms with Crippen LogP contribution >= 0.6 is 11.6 Å². The molecule has 6 nitrogen and oxygen atoms in total. The number of hydrogen-bond acceptors (Lipinski definition) is 4. The number of carbonyl (C=O) groups excluding carboxylic acids is 2. The third-order valence-corrected chi connectivity index (χ3v) is 6.61. The number of amides is 2. The van der Waals surface area contributed by atoms with E-state index in [1.54, 1.807) is 35.2 Å². The molecule has 2 N–H and O–H groups in total. The second-order valence-electron chi connectivity index (χ2n) is 8.74. The van der Waals surface area contributed by atoms with Crippen LogP contribution in [0.15, 0.2) is 73.3 Å².